The molecule has 0 fully saturated rings. The summed E-state index contributed by atoms with van der Waals surface area (Å²) in [6, 6.07) is 12.4. The largest absolute Gasteiger partial charge is 0.385 e. The van der Waals surface area contributed by atoms with E-state index in [1.807, 2.05) is 24.3 Å². The van der Waals surface area contributed by atoms with Gasteiger partial charge in [0, 0.05) is 12.5 Å². The lowest BCUT2D eigenvalue weighted by atomic mass is 9.89. The van der Waals surface area contributed by atoms with Crippen molar-refractivity contribution in [3.63, 3.8) is 0 Å². The van der Waals surface area contributed by atoms with E-state index < -0.39 is 5.60 Å². The Morgan fingerprint density at radius 1 is 1.30 bits per heavy atom. The molecule has 104 valence electrons. The van der Waals surface area contributed by atoms with Gasteiger partial charge in [-0.3, -0.25) is 0 Å². The highest BCUT2D eigenvalue weighted by molar-refractivity contribution is 9.10. The van der Waals surface area contributed by atoms with Crippen molar-refractivity contribution in [2.24, 2.45) is 5.73 Å². The maximum absolute atomic E-state index is 13.3. The van der Waals surface area contributed by atoms with Gasteiger partial charge in [-0.1, -0.05) is 30.3 Å². The van der Waals surface area contributed by atoms with Crippen molar-refractivity contribution in [3.05, 3.63) is 69.4 Å². The minimum absolute atomic E-state index is 0.153. The summed E-state index contributed by atoms with van der Waals surface area (Å²) < 4.78 is 13.7. The molecule has 0 saturated carbocycles. The topological polar surface area (TPSA) is 46.2 Å². The lowest BCUT2D eigenvalue weighted by Crippen LogP contribution is -2.26. The van der Waals surface area contributed by atoms with Crippen LogP contribution in [0.15, 0.2) is 46.9 Å². The zero-order chi connectivity index (χ0) is 14.3. The molecular formula is C16H15BrFNO. The molecule has 0 saturated heterocycles. The maximum atomic E-state index is 13.3. The third kappa shape index (κ3) is 2.28. The van der Waals surface area contributed by atoms with E-state index in [-0.39, 0.29) is 11.9 Å². The minimum Gasteiger partial charge on any atom is -0.385 e. The van der Waals surface area contributed by atoms with Crippen molar-refractivity contribution in [2.75, 3.05) is 0 Å². The quantitative estimate of drug-likeness (QED) is 0.883. The van der Waals surface area contributed by atoms with Gasteiger partial charge in [0.1, 0.15) is 5.82 Å². The molecule has 0 aliphatic heterocycles. The van der Waals surface area contributed by atoms with Crippen LogP contribution in [0, 0.1) is 5.82 Å². The molecular weight excluding hydrogens is 321 g/mol. The molecule has 0 amide bonds. The van der Waals surface area contributed by atoms with E-state index in [1.165, 1.54) is 6.07 Å². The Balaban J connectivity index is 1.96. The Bertz CT molecular complexity index is 661. The molecule has 2 aromatic carbocycles. The monoisotopic (exact) mass is 335 g/mol. The van der Waals surface area contributed by atoms with E-state index in [0.717, 1.165) is 16.7 Å². The van der Waals surface area contributed by atoms with Gasteiger partial charge in [-0.25, -0.2) is 4.39 Å². The van der Waals surface area contributed by atoms with Gasteiger partial charge in [0.15, 0.2) is 0 Å². The SMILES string of the molecule is NC1CC(O)(Cc2ccc(F)c(Br)c2)c2ccccc21. The zero-order valence-corrected chi connectivity index (χ0v) is 12.4. The molecule has 0 radical (unpaired) electrons. The molecule has 1 aliphatic carbocycles. The number of halogens is 2. The van der Waals surface area contributed by atoms with Gasteiger partial charge in [-0.05, 0) is 51.2 Å². The second-order valence-electron chi connectivity index (χ2n) is 5.35. The van der Waals surface area contributed by atoms with Crippen molar-refractivity contribution < 1.29 is 9.50 Å². The van der Waals surface area contributed by atoms with E-state index in [2.05, 4.69) is 15.9 Å². The number of rotatable bonds is 2. The highest BCUT2D eigenvalue weighted by Gasteiger charge is 2.40. The van der Waals surface area contributed by atoms with Gasteiger partial charge in [-0.2, -0.15) is 0 Å². The maximum Gasteiger partial charge on any atom is 0.137 e. The average Bonchev–Trinajstić information content (AvgIpc) is 2.67. The van der Waals surface area contributed by atoms with Crippen molar-refractivity contribution in [1.82, 2.24) is 0 Å². The standard InChI is InChI=1S/C16H15BrFNO/c17-13-7-10(5-6-14(13)18)8-16(20)9-15(19)11-3-1-2-4-12(11)16/h1-7,15,20H,8-9,19H2. The van der Waals surface area contributed by atoms with E-state index in [9.17, 15) is 9.50 Å². The average molecular weight is 336 g/mol. The predicted molar refractivity (Wildman–Crippen MR) is 79.7 cm³/mol. The Kier molecular flexibility index (Phi) is 3.40. The summed E-state index contributed by atoms with van der Waals surface area (Å²) in [4.78, 5) is 0. The van der Waals surface area contributed by atoms with E-state index >= 15 is 0 Å². The fourth-order valence-electron chi connectivity index (χ4n) is 2.98. The zero-order valence-electron chi connectivity index (χ0n) is 10.8. The minimum atomic E-state index is -0.979. The molecule has 2 unspecified atom stereocenters. The summed E-state index contributed by atoms with van der Waals surface area (Å²) in [5.74, 6) is -0.302. The lowest BCUT2D eigenvalue weighted by molar-refractivity contribution is 0.0341. The normalized spacial score (nSPS) is 24.7. The summed E-state index contributed by atoms with van der Waals surface area (Å²) in [7, 11) is 0. The van der Waals surface area contributed by atoms with Crippen LogP contribution in [0.5, 0.6) is 0 Å². The Hall–Kier alpha value is -1.23. The molecule has 0 spiro atoms. The third-order valence-corrected chi connectivity index (χ3v) is 4.51. The smallest absolute Gasteiger partial charge is 0.137 e. The third-order valence-electron chi connectivity index (χ3n) is 3.90. The van der Waals surface area contributed by atoms with Crippen molar-refractivity contribution in [3.8, 4) is 0 Å². The fraction of sp³-hybridized carbons (Fsp3) is 0.250. The highest BCUT2D eigenvalue weighted by Crippen LogP contribution is 2.44. The Morgan fingerprint density at radius 2 is 2.05 bits per heavy atom. The summed E-state index contributed by atoms with van der Waals surface area (Å²) in [5.41, 5.74) is 7.88. The molecule has 3 N–H and O–H groups in total. The van der Waals surface area contributed by atoms with Gasteiger partial charge in [-0.15, -0.1) is 0 Å². The van der Waals surface area contributed by atoms with Crippen LogP contribution in [0.25, 0.3) is 0 Å². The van der Waals surface area contributed by atoms with Crippen LogP contribution in [-0.4, -0.2) is 5.11 Å². The van der Waals surface area contributed by atoms with Crippen LogP contribution in [-0.2, 0) is 12.0 Å². The lowest BCUT2D eigenvalue weighted by Gasteiger charge is -2.24. The van der Waals surface area contributed by atoms with Crippen molar-refractivity contribution in [2.45, 2.75) is 24.5 Å². The van der Waals surface area contributed by atoms with Crippen molar-refractivity contribution >= 4 is 15.9 Å². The van der Waals surface area contributed by atoms with E-state index in [0.29, 0.717) is 17.3 Å². The van der Waals surface area contributed by atoms with Gasteiger partial charge < -0.3 is 10.8 Å². The summed E-state index contributed by atoms with van der Waals surface area (Å²) in [6.45, 7) is 0. The van der Waals surface area contributed by atoms with Gasteiger partial charge >= 0.3 is 0 Å². The molecule has 4 heteroatoms. The van der Waals surface area contributed by atoms with Crippen LogP contribution >= 0.6 is 15.9 Å². The highest BCUT2D eigenvalue weighted by atomic mass is 79.9. The molecule has 2 nitrogen and oxygen atoms in total. The van der Waals surface area contributed by atoms with Crippen molar-refractivity contribution in [1.29, 1.82) is 0 Å². The first-order valence-electron chi connectivity index (χ1n) is 6.51. The van der Waals surface area contributed by atoms with Crippen LogP contribution in [0.2, 0.25) is 0 Å². The Morgan fingerprint density at radius 3 is 2.80 bits per heavy atom. The van der Waals surface area contributed by atoms with Crippen LogP contribution in [0.4, 0.5) is 4.39 Å². The van der Waals surface area contributed by atoms with Gasteiger partial charge in [0.25, 0.3) is 0 Å². The molecule has 20 heavy (non-hydrogen) atoms. The predicted octanol–water partition coefficient (Wildman–Crippen LogP) is 3.42. The number of nitrogens with two attached hydrogens (primary N) is 1. The Labute approximate surface area is 125 Å². The molecule has 1 aliphatic rings. The van der Waals surface area contributed by atoms with E-state index in [4.69, 9.17) is 5.73 Å². The van der Waals surface area contributed by atoms with Crippen LogP contribution in [0.3, 0.4) is 0 Å². The molecule has 3 rings (SSSR count). The molecule has 2 aromatic rings. The second-order valence-corrected chi connectivity index (χ2v) is 6.21. The number of benzene rings is 2. The number of hydrogen-bond acceptors (Lipinski definition) is 2. The van der Waals surface area contributed by atoms with Crippen LogP contribution < -0.4 is 5.73 Å². The first-order chi connectivity index (χ1) is 9.49. The number of aliphatic hydroxyl groups is 1. The molecule has 0 heterocycles. The van der Waals surface area contributed by atoms with Gasteiger partial charge in [0.2, 0.25) is 0 Å². The molecule has 0 aromatic heterocycles. The first-order valence-corrected chi connectivity index (χ1v) is 7.30. The van der Waals surface area contributed by atoms with Gasteiger partial charge in [0.05, 0.1) is 10.1 Å². The van der Waals surface area contributed by atoms with Crippen LogP contribution in [0.1, 0.15) is 29.2 Å². The fourth-order valence-corrected chi connectivity index (χ4v) is 3.41. The second kappa shape index (κ2) is 4.95. The summed E-state index contributed by atoms with van der Waals surface area (Å²) >= 11 is 3.18. The summed E-state index contributed by atoms with van der Waals surface area (Å²) in [6.07, 6.45) is 0.915. The molecule has 0 bridgehead atoms. The first kappa shape index (κ1) is 13.7. The number of fused-ring (bicyclic) bond motifs is 1. The summed E-state index contributed by atoms with van der Waals surface area (Å²) in [5, 5.41) is 10.9. The van der Waals surface area contributed by atoms with E-state index in [1.54, 1.807) is 12.1 Å². The number of hydrogen-bond donors (Lipinski definition) is 2. The molecule has 2 atom stereocenters.